The van der Waals surface area contributed by atoms with Crippen molar-refractivity contribution in [2.24, 2.45) is 0 Å². The zero-order valence-corrected chi connectivity index (χ0v) is 15.3. The zero-order chi connectivity index (χ0) is 17.4. The minimum Gasteiger partial charge on any atom is -0.348 e. The Bertz CT molecular complexity index is 760. The van der Waals surface area contributed by atoms with Gasteiger partial charge in [0.1, 0.15) is 0 Å². The lowest BCUT2D eigenvalue weighted by molar-refractivity contribution is 0.0755. The number of nitrogens with zero attached hydrogens (tertiary/aromatic N) is 4. The summed E-state index contributed by atoms with van der Waals surface area (Å²) < 4.78 is 2.21. The second kappa shape index (κ2) is 6.81. The summed E-state index contributed by atoms with van der Waals surface area (Å²) in [6, 6.07) is 8.75. The molecule has 4 rings (SSSR count). The van der Waals surface area contributed by atoms with Gasteiger partial charge in [-0.15, -0.1) is 0 Å². The van der Waals surface area contributed by atoms with Crippen molar-refractivity contribution >= 4 is 16.8 Å². The second-order valence-electron chi connectivity index (χ2n) is 7.41. The van der Waals surface area contributed by atoms with Crippen LogP contribution in [0.5, 0.6) is 0 Å². The third-order valence-corrected chi connectivity index (χ3v) is 5.86. The minimum absolute atomic E-state index is 0.183. The number of piperazine rings is 1. The van der Waals surface area contributed by atoms with Crippen LogP contribution in [0.3, 0.4) is 0 Å². The molecule has 0 bridgehead atoms. The molecule has 2 saturated heterocycles. The highest BCUT2D eigenvalue weighted by atomic mass is 16.2. The monoisotopic (exact) mass is 340 g/mol. The fourth-order valence-corrected chi connectivity index (χ4v) is 4.20. The van der Waals surface area contributed by atoms with Crippen molar-refractivity contribution in [2.75, 3.05) is 46.3 Å². The van der Waals surface area contributed by atoms with Gasteiger partial charge >= 0.3 is 0 Å². The molecule has 2 aromatic rings. The molecule has 5 heteroatoms. The number of hydrogen-bond donors (Lipinski definition) is 0. The van der Waals surface area contributed by atoms with Gasteiger partial charge in [0.25, 0.3) is 5.91 Å². The molecule has 0 unspecified atom stereocenters. The van der Waals surface area contributed by atoms with Crippen LogP contribution >= 0.6 is 0 Å². The number of fused-ring (bicyclic) bond motifs is 1. The van der Waals surface area contributed by atoms with E-state index < -0.39 is 0 Å². The van der Waals surface area contributed by atoms with Crippen LogP contribution in [0.25, 0.3) is 10.9 Å². The van der Waals surface area contributed by atoms with E-state index in [0.717, 1.165) is 63.2 Å². The molecule has 0 N–H and O–H groups in total. The predicted molar refractivity (Wildman–Crippen MR) is 101 cm³/mol. The van der Waals surface area contributed by atoms with Crippen molar-refractivity contribution in [3.63, 3.8) is 0 Å². The number of aryl methyl sites for hydroxylation is 1. The maximum Gasteiger partial charge on any atom is 0.253 e. The van der Waals surface area contributed by atoms with Crippen LogP contribution < -0.4 is 0 Å². The molecule has 1 aromatic heterocycles. The minimum atomic E-state index is 0.183. The Labute approximate surface area is 149 Å². The average molecular weight is 340 g/mol. The highest BCUT2D eigenvalue weighted by Gasteiger charge is 2.32. The van der Waals surface area contributed by atoms with Crippen LogP contribution in [-0.4, -0.2) is 77.5 Å². The maximum atomic E-state index is 12.9. The van der Waals surface area contributed by atoms with Gasteiger partial charge in [-0.05, 0) is 44.7 Å². The largest absolute Gasteiger partial charge is 0.348 e. The van der Waals surface area contributed by atoms with E-state index in [9.17, 15) is 4.79 Å². The second-order valence-corrected chi connectivity index (χ2v) is 7.41. The van der Waals surface area contributed by atoms with E-state index in [1.807, 2.05) is 17.0 Å². The first-order chi connectivity index (χ1) is 12.2. The number of aromatic nitrogens is 1. The molecule has 0 saturated carbocycles. The average Bonchev–Trinajstić information content (AvgIpc) is 3.28. The molecule has 0 aliphatic carbocycles. The smallest absolute Gasteiger partial charge is 0.253 e. The molecule has 5 nitrogen and oxygen atoms in total. The molecular weight excluding hydrogens is 312 g/mol. The van der Waals surface area contributed by atoms with Crippen LogP contribution in [0, 0.1) is 0 Å². The van der Waals surface area contributed by atoms with Crippen molar-refractivity contribution in [1.29, 1.82) is 0 Å². The Balaban J connectivity index is 1.44. The third-order valence-electron chi connectivity index (χ3n) is 5.86. The van der Waals surface area contributed by atoms with E-state index >= 15 is 0 Å². The number of rotatable bonds is 3. The molecule has 3 heterocycles. The molecule has 2 aliphatic rings. The number of carbonyl (C=O) groups is 1. The highest BCUT2D eigenvalue weighted by molar-refractivity contribution is 5.98. The fraction of sp³-hybridized carbons (Fsp3) is 0.550. The number of carbonyl (C=O) groups excluding carboxylic acids is 1. The normalized spacial score (nSPS) is 22.8. The van der Waals surface area contributed by atoms with Crippen LogP contribution in [-0.2, 0) is 6.54 Å². The lowest BCUT2D eigenvalue weighted by Crippen LogP contribution is -2.50. The maximum absolute atomic E-state index is 12.9. The van der Waals surface area contributed by atoms with Gasteiger partial charge in [0.15, 0.2) is 0 Å². The van der Waals surface area contributed by atoms with Crippen LogP contribution in [0.4, 0.5) is 0 Å². The first kappa shape index (κ1) is 16.6. The SMILES string of the molecule is CCn1ccc2cc(C(=O)N3CC[C@H](N4CCN(C)CC4)C3)ccc21. The Hall–Kier alpha value is -1.85. The topological polar surface area (TPSA) is 31.7 Å². The van der Waals surface area contributed by atoms with E-state index in [0.29, 0.717) is 6.04 Å². The number of likely N-dealkylation sites (N-methyl/N-ethyl adjacent to an activating group) is 1. The Kier molecular flexibility index (Phi) is 4.52. The number of amides is 1. The number of benzene rings is 1. The molecule has 134 valence electrons. The van der Waals surface area contributed by atoms with Crippen LogP contribution in [0.15, 0.2) is 30.5 Å². The first-order valence-corrected chi connectivity index (χ1v) is 9.46. The van der Waals surface area contributed by atoms with Crippen LogP contribution in [0.2, 0.25) is 0 Å². The van der Waals surface area contributed by atoms with Gasteiger partial charge in [0, 0.05) is 74.5 Å². The molecular formula is C20H28N4O. The summed E-state index contributed by atoms with van der Waals surface area (Å²) in [5, 5.41) is 1.16. The molecule has 2 aliphatic heterocycles. The summed E-state index contributed by atoms with van der Waals surface area (Å²) >= 11 is 0. The van der Waals surface area contributed by atoms with Crippen molar-refractivity contribution in [2.45, 2.75) is 25.9 Å². The quantitative estimate of drug-likeness (QED) is 0.858. The van der Waals surface area contributed by atoms with Crippen molar-refractivity contribution in [3.05, 3.63) is 36.0 Å². The van der Waals surface area contributed by atoms with Gasteiger partial charge in [-0.3, -0.25) is 9.69 Å². The van der Waals surface area contributed by atoms with Gasteiger partial charge in [-0.2, -0.15) is 0 Å². The third kappa shape index (κ3) is 3.18. The van der Waals surface area contributed by atoms with Gasteiger partial charge in [0.05, 0.1) is 0 Å². The molecule has 2 fully saturated rings. The van der Waals surface area contributed by atoms with Crippen molar-refractivity contribution in [1.82, 2.24) is 19.3 Å². The Morgan fingerprint density at radius 1 is 1.12 bits per heavy atom. The number of likely N-dealkylation sites (tertiary alicyclic amines) is 1. The summed E-state index contributed by atoms with van der Waals surface area (Å²) in [6.45, 7) is 9.36. The van der Waals surface area contributed by atoms with E-state index in [1.165, 1.54) is 5.52 Å². The van der Waals surface area contributed by atoms with Crippen molar-refractivity contribution < 1.29 is 4.79 Å². The molecule has 25 heavy (non-hydrogen) atoms. The highest BCUT2D eigenvalue weighted by Crippen LogP contribution is 2.22. The summed E-state index contributed by atoms with van der Waals surface area (Å²) in [5.41, 5.74) is 2.02. The summed E-state index contributed by atoms with van der Waals surface area (Å²) in [6.07, 6.45) is 3.20. The molecule has 1 atom stereocenters. The molecule has 1 amide bonds. The molecule has 0 radical (unpaired) electrons. The zero-order valence-electron chi connectivity index (χ0n) is 15.3. The van der Waals surface area contributed by atoms with Crippen LogP contribution in [0.1, 0.15) is 23.7 Å². The van der Waals surface area contributed by atoms with E-state index in [4.69, 9.17) is 0 Å². The van der Waals surface area contributed by atoms with E-state index in [1.54, 1.807) is 0 Å². The fourth-order valence-electron chi connectivity index (χ4n) is 4.20. The lowest BCUT2D eigenvalue weighted by atomic mass is 10.1. The summed E-state index contributed by atoms with van der Waals surface area (Å²) in [4.78, 5) is 19.9. The lowest BCUT2D eigenvalue weighted by Gasteiger charge is -2.36. The van der Waals surface area contributed by atoms with E-state index in [-0.39, 0.29) is 5.91 Å². The Morgan fingerprint density at radius 3 is 2.68 bits per heavy atom. The van der Waals surface area contributed by atoms with Gasteiger partial charge in [0.2, 0.25) is 0 Å². The van der Waals surface area contributed by atoms with Gasteiger partial charge < -0.3 is 14.4 Å². The van der Waals surface area contributed by atoms with Gasteiger partial charge in [-0.1, -0.05) is 0 Å². The standard InChI is InChI=1S/C20H28N4O/c1-3-22-8-6-16-14-17(4-5-19(16)22)20(25)24-9-7-18(15-24)23-12-10-21(2)11-13-23/h4-6,8,14,18H,3,7,9-13,15H2,1-2H3/t18-/m0/s1. The molecule has 0 spiro atoms. The van der Waals surface area contributed by atoms with Crippen molar-refractivity contribution in [3.8, 4) is 0 Å². The summed E-state index contributed by atoms with van der Waals surface area (Å²) in [5.74, 6) is 0.183. The molecule has 1 aromatic carbocycles. The van der Waals surface area contributed by atoms with Gasteiger partial charge in [-0.25, -0.2) is 0 Å². The Morgan fingerprint density at radius 2 is 1.92 bits per heavy atom. The predicted octanol–water partition coefficient (Wildman–Crippen LogP) is 2.12. The van der Waals surface area contributed by atoms with E-state index in [2.05, 4.69) is 46.7 Å². The summed E-state index contributed by atoms with van der Waals surface area (Å²) in [7, 11) is 2.18. The first-order valence-electron chi connectivity index (χ1n) is 9.46. The number of hydrogen-bond acceptors (Lipinski definition) is 3.